The highest BCUT2D eigenvalue weighted by Gasteiger charge is 2.40. The van der Waals surface area contributed by atoms with Gasteiger partial charge in [-0.2, -0.15) is 5.10 Å². The maximum atomic E-state index is 4.50. The molecule has 2 aliphatic rings. The van der Waals surface area contributed by atoms with E-state index in [0.717, 1.165) is 31.9 Å². The van der Waals surface area contributed by atoms with Crippen LogP contribution >= 0.6 is 0 Å². The summed E-state index contributed by atoms with van der Waals surface area (Å²) in [5.41, 5.74) is 0.376. The minimum absolute atomic E-state index is 0.376. The van der Waals surface area contributed by atoms with Gasteiger partial charge >= 0.3 is 0 Å². The quantitative estimate of drug-likeness (QED) is 0.903. The van der Waals surface area contributed by atoms with Gasteiger partial charge in [0.25, 0.3) is 0 Å². The normalized spacial score (nSPS) is 25.7. The molecule has 1 spiro atoms. The third-order valence-electron chi connectivity index (χ3n) is 5.24. The predicted molar refractivity (Wildman–Crippen MR) is 84.0 cm³/mol. The SMILES string of the molecule is CCCn1ncnc1CN1CC2(CCCC2)NCC1CC. The number of hydrogen-bond donors (Lipinski definition) is 1. The molecule has 0 aromatic carbocycles. The number of aryl methyl sites for hydroxylation is 1. The van der Waals surface area contributed by atoms with Crippen molar-refractivity contribution >= 4 is 0 Å². The third-order valence-corrected chi connectivity index (χ3v) is 5.24. The van der Waals surface area contributed by atoms with Crippen molar-refractivity contribution in [3.8, 4) is 0 Å². The van der Waals surface area contributed by atoms with Gasteiger partial charge in [0, 0.05) is 31.2 Å². The van der Waals surface area contributed by atoms with Crippen LogP contribution in [0, 0.1) is 0 Å². The molecule has 2 heterocycles. The Kier molecular flexibility index (Phi) is 4.60. The number of rotatable bonds is 5. The molecule has 2 fully saturated rings. The molecule has 21 heavy (non-hydrogen) atoms. The van der Waals surface area contributed by atoms with Gasteiger partial charge < -0.3 is 5.32 Å². The second-order valence-corrected chi connectivity index (χ2v) is 6.73. The van der Waals surface area contributed by atoms with Crippen LogP contribution in [-0.4, -0.2) is 44.3 Å². The van der Waals surface area contributed by atoms with Gasteiger partial charge in [-0.15, -0.1) is 0 Å². The van der Waals surface area contributed by atoms with Gasteiger partial charge in [-0.1, -0.05) is 26.7 Å². The zero-order valence-corrected chi connectivity index (χ0v) is 13.5. The van der Waals surface area contributed by atoms with Gasteiger partial charge in [0.05, 0.1) is 6.54 Å². The average Bonchev–Trinajstić information content (AvgIpc) is 3.11. The molecule has 0 radical (unpaired) electrons. The topological polar surface area (TPSA) is 46.0 Å². The third kappa shape index (κ3) is 3.14. The van der Waals surface area contributed by atoms with Crippen molar-refractivity contribution in [1.29, 1.82) is 0 Å². The van der Waals surface area contributed by atoms with Gasteiger partial charge in [-0.25, -0.2) is 9.67 Å². The van der Waals surface area contributed by atoms with Crippen molar-refractivity contribution in [2.45, 2.75) is 77.0 Å². The number of nitrogens with one attached hydrogen (secondary N) is 1. The molecule has 5 heteroatoms. The van der Waals surface area contributed by atoms with E-state index in [2.05, 4.69) is 38.8 Å². The fraction of sp³-hybridized carbons (Fsp3) is 0.875. The Morgan fingerprint density at radius 3 is 2.86 bits per heavy atom. The maximum Gasteiger partial charge on any atom is 0.141 e. The van der Waals surface area contributed by atoms with Crippen LogP contribution < -0.4 is 5.32 Å². The molecular weight excluding hydrogens is 262 g/mol. The molecular formula is C16H29N5. The van der Waals surface area contributed by atoms with Crippen LogP contribution in [-0.2, 0) is 13.1 Å². The zero-order valence-electron chi connectivity index (χ0n) is 13.5. The Morgan fingerprint density at radius 1 is 1.33 bits per heavy atom. The fourth-order valence-electron chi connectivity index (χ4n) is 4.00. The molecule has 118 valence electrons. The van der Waals surface area contributed by atoms with Crippen molar-refractivity contribution in [3.05, 3.63) is 12.2 Å². The van der Waals surface area contributed by atoms with E-state index in [0.29, 0.717) is 11.6 Å². The van der Waals surface area contributed by atoms with Crippen LogP contribution in [0.25, 0.3) is 0 Å². The number of piperazine rings is 1. The van der Waals surface area contributed by atoms with E-state index in [1.807, 2.05) is 0 Å². The minimum Gasteiger partial charge on any atom is -0.308 e. The van der Waals surface area contributed by atoms with Gasteiger partial charge in [0.2, 0.25) is 0 Å². The van der Waals surface area contributed by atoms with Crippen LogP contribution in [0.15, 0.2) is 6.33 Å². The molecule has 1 aliphatic heterocycles. The van der Waals surface area contributed by atoms with Crippen molar-refractivity contribution in [1.82, 2.24) is 25.0 Å². The van der Waals surface area contributed by atoms with Gasteiger partial charge in [0.1, 0.15) is 12.2 Å². The highest BCUT2D eigenvalue weighted by Crippen LogP contribution is 2.34. The van der Waals surface area contributed by atoms with Crippen LogP contribution in [0.3, 0.4) is 0 Å². The van der Waals surface area contributed by atoms with E-state index < -0.39 is 0 Å². The van der Waals surface area contributed by atoms with E-state index >= 15 is 0 Å². The minimum atomic E-state index is 0.376. The Balaban J connectivity index is 1.72. The van der Waals surface area contributed by atoms with E-state index in [1.165, 1.54) is 38.6 Å². The first kappa shape index (κ1) is 15.0. The number of hydrogen-bond acceptors (Lipinski definition) is 4. The Labute approximate surface area is 128 Å². The predicted octanol–water partition coefficient (Wildman–Crippen LogP) is 2.18. The van der Waals surface area contributed by atoms with Crippen LogP contribution in [0.4, 0.5) is 0 Å². The monoisotopic (exact) mass is 291 g/mol. The number of nitrogens with zero attached hydrogens (tertiary/aromatic N) is 4. The summed E-state index contributed by atoms with van der Waals surface area (Å²) in [5, 5.41) is 8.23. The van der Waals surface area contributed by atoms with Gasteiger partial charge in [-0.3, -0.25) is 4.90 Å². The summed E-state index contributed by atoms with van der Waals surface area (Å²) in [6.07, 6.45) is 9.44. The second kappa shape index (κ2) is 6.44. The molecule has 0 amide bonds. The molecule has 3 rings (SSSR count). The molecule has 1 N–H and O–H groups in total. The van der Waals surface area contributed by atoms with Crippen molar-refractivity contribution in [3.63, 3.8) is 0 Å². The van der Waals surface area contributed by atoms with Crippen LogP contribution in [0.2, 0.25) is 0 Å². The first-order chi connectivity index (χ1) is 10.3. The lowest BCUT2D eigenvalue weighted by Gasteiger charge is -2.46. The summed E-state index contributed by atoms with van der Waals surface area (Å²) in [4.78, 5) is 7.15. The van der Waals surface area contributed by atoms with Crippen molar-refractivity contribution in [2.24, 2.45) is 0 Å². The Hall–Kier alpha value is -0.940. The van der Waals surface area contributed by atoms with E-state index in [-0.39, 0.29) is 0 Å². The summed E-state index contributed by atoms with van der Waals surface area (Å²) in [6.45, 7) is 8.70. The second-order valence-electron chi connectivity index (χ2n) is 6.73. The smallest absolute Gasteiger partial charge is 0.141 e. The first-order valence-electron chi connectivity index (χ1n) is 8.62. The van der Waals surface area contributed by atoms with Gasteiger partial charge in [-0.05, 0) is 25.7 Å². The van der Waals surface area contributed by atoms with Crippen LogP contribution in [0.5, 0.6) is 0 Å². The summed E-state index contributed by atoms with van der Waals surface area (Å²) in [5.74, 6) is 1.13. The van der Waals surface area contributed by atoms with E-state index in [1.54, 1.807) is 6.33 Å². The molecule has 5 nitrogen and oxygen atoms in total. The van der Waals surface area contributed by atoms with E-state index in [9.17, 15) is 0 Å². The Bertz CT molecular complexity index is 449. The maximum absolute atomic E-state index is 4.50. The Morgan fingerprint density at radius 2 is 2.14 bits per heavy atom. The molecule has 1 aromatic rings. The molecule has 1 saturated carbocycles. The number of aromatic nitrogens is 3. The van der Waals surface area contributed by atoms with Crippen molar-refractivity contribution < 1.29 is 0 Å². The lowest BCUT2D eigenvalue weighted by molar-refractivity contribution is 0.0683. The zero-order chi connectivity index (χ0) is 14.7. The standard InChI is InChI=1S/C16H29N5/c1-3-9-21-15(17-13-19-21)11-20-12-16(7-5-6-8-16)18-10-14(20)4-2/h13-14,18H,3-12H2,1-2H3. The van der Waals surface area contributed by atoms with E-state index in [4.69, 9.17) is 0 Å². The molecule has 1 aromatic heterocycles. The summed E-state index contributed by atoms with van der Waals surface area (Å²) in [7, 11) is 0. The highest BCUT2D eigenvalue weighted by atomic mass is 15.4. The molecule has 1 atom stereocenters. The average molecular weight is 291 g/mol. The largest absolute Gasteiger partial charge is 0.308 e. The lowest BCUT2D eigenvalue weighted by Crippen LogP contribution is -2.62. The lowest BCUT2D eigenvalue weighted by atomic mass is 9.91. The molecule has 1 unspecified atom stereocenters. The molecule has 0 bridgehead atoms. The van der Waals surface area contributed by atoms with Crippen molar-refractivity contribution in [2.75, 3.05) is 13.1 Å². The highest BCUT2D eigenvalue weighted by molar-refractivity contribution is 5.02. The molecule has 1 aliphatic carbocycles. The van der Waals surface area contributed by atoms with Crippen LogP contribution in [0.1, 0.15) is 58.2 Å². The summed E-state index contributed by atoms with van der Waals surface area (Å²) >= 11 is 0. The summed E-state index contributed by atoms with van der Waals surface area (Å²) < 4.78 is 2.08. The summed E-state index contributed by atoms with van der Waals surface area (Å²) in [6, 6.07) is 0.628. The fourth-order valence-corrected chi connectivity index (χ4v) is 4.00. The first-order valence-corrected chi connectivity index (χ1v) is 8.62. The van der Waals surface area contributed by atoms with Gasteiger partial charge in [0.15, 0.2) is 0 Å². The molecule has 1 saturated heterocycles.